The molecule has 0 fully saturated rings. The first-order valence-corrected chi connectivity index (χ1v) is 9.64. The van der Waals surface area contributed by atoms with Gasteiger partial charge in [0.2, 0.25) is 5.89 Å². The molecule has 0 aliphatic carbocycles. The Morgan fingerprint density at radius 1 is 0.889 bits per heavy atom. The molecule has 4 rings (SSSR count). The number of aromatic nitrogens is 4. The van der Waals surface area contributed by atoms with E-state index in [9.17, 15) is 0 Å². The maximum absolute atomic E-state index is 5.37. The lowest BCUT2D eigenvalue weighted by Gasteiger charge is -2.05. The van der Waals surface area contributed by atoms with Crippen LogP contribution in [0.5, 0.6) is 0 Å². The highest BCUT2D eigenvalue weighted by molar-refractivity contribution is 7.98. The summed E-state index contributed by atoms with van der Waals surface area (Å²) in [6.45, 7) is 1.98. The Morgan fingerprint density at radius 2 is 1.63 bits per heavy atom. The van der Waals surface area contributed by atoms with Crippen molar-refractivity contribution in [2.75, 3.05) is 0 Å². The fourth-order valence-corrected chi connectivity index (χ4v) is 3.43. The average Bonchev–Trinajstić information content (AvgIpc) is 3.15. The largest absolute Gasteiger partial charge is 0.338 e. The van der Waals surface area contributed by atoms with Crippen LogP contribution in [0.2, 0.25) is 0 Å². The van der Waals surface area contributed by atoms with Crippen LogP contribution in [-0.2, 0) is 12.2 Å². The SMILES string of the molecule is Cc1cc(-c2ccccc2)nc(SCc2nc(Cc3ccccc3)no2)n1. The van der Waals surface area contributed by atoms with Crippen LogP contribution in [-0.4, -0.2) is 20.1 Å². The molecule has 0 bridgehead atoms. The molecule has 0 unspecified atom stereocenters. The first-order valence-electron chi connectivity index (χ1n) is 8.65. The van der Waals surface area contributed by atoms with Crippen molar-refractivity contribution in [3.8, 4) is 11.3 Å². The third kappa shape index (κ3) is 4.60. The molecule has 0 aliphatic heterocycles. The van der Waals surface area contributed by atoms with Crippen LogP contribution in [0.25, 0.3) is 11.3 Å². The summed E-state index contributed by atoms with van der Waals surface area (Å²) in [7, 11) is 0. The second-order valence-corrected chi connectivity index (χ2v) is 7.04. The van der Waals surface area contributed by atoms with Gasteiger partial charge < -0.3 is 4.52 Å². The van der Waals surface area contributed by atoms with Gasteiger partial charge in [0.1, 0.15) is 0 Å². The Hall–Kier alpha value is -2.99. The highest BCUT2D eigenvalue weighted by Crippen LogP contribution is 2.23. The number of benzene rings is 2. The van der Waals surface area contributed by atoms with Crippen molar-refractivity contribution in [1.29, 1.82) is 0 Å². The molecule has 0 saturated carbocycles. The molecule has 0 amide bonds. The van der Waals surface area contributed by atoms with Crippen molar-refractivity contribution in [3.05, 3.63) is 89.7 Å². The number of hydrogen-bond donors (Lipinski definition) is 0. The second kappa shape index (κ2) is 8.14. The fourth-order valence-electron chi connectivity index (χ4n) is 2.69. The van der Waals surface area contributed by atoms with Gasteiger partial charge in [-0.2, -0.15) is 4.98 Å². The van der Waals surface area contributed by atoms with E-state index >= 15 is 0 Å². The Labute approximate surface area is 161 Å². The lowest BCUT2D eigenvalue weighted by Crippen LogP contribution is -1.94. The first kappa shape index (κ1) is 17.4. The van der Waals surface area contributed by atoms with Crippen molar-refractivity contribution in [3.63, 3.8) is 0 Å². The van der Waals surface area contributed by atoms with Gasteiger partial charge in [-0.1, -0.05) is 77.6 Å². The van der Waals surface area contributed by atoms with Gasteiger partial charge in [0, 0.05) is 17.7 Å². The van der Waals surface area contributed by atoms with Crippen LogP contribution in [0.1, 0.15) is 23.0 Å². The number of hydrogen-bond acceptors (Lipinski definition) is 6. The first-order chi connectivity index (χ1) is 13.3. The predicted molar refractivity (Wildman–Crippen MR) is 105 cm³/mol. The minimum Gasteiger partial charge on any atom is -0.338 e. The summed E-state index contributed by atoms with van der Waals surface area (Å²) in [5.74, 6) is 1.81. The van der Waals surface area contributed by atoms with E-state index in [2.05, 4.69) is 32.2 Å². The molecule has 134 valence electrons. The molecule has 2 aromatic carbocycles. The highest BCUT2D eigenvalue weighted by atomic mass is 32.2. The van der Waals surface area contributed by atoms with E-state index in [1.165, 1.54) is 11.8 Å². The zero-order chi connectivity index (χ0) is 18.5. The van der Waals surface area contributed by atoms with Gasteiger partial charge >= 0.3 is 0 Å². The average molecular weight is 374 g/mol. The molecule has 0 spiro atoms. The molecule has 2 heterocycles. The third-order valence-electron chi connectivity index (χ3n) is 3.94. The van der Waals surface area contributed by atoms with Crippen molar-refractivity contribution < 1.29 is 4.52 Å². The van der Waals surface area contributed by atoms with E-state index in [4.69, 9.17) is 4.52 Å². The standard InChI is InChI=1S/C21H18N4OS/c1-15-12-18(17-10-6-3-7-11-17)23-21(22-15)27-14-20-24-19(25-26-20)13-16-8-4-2-5-9-16/h2-12H,13-14H2,1H3. The molecule has 0 atom stereocenters. The van der Waals surface area contributed by atoms with Gasteiger partial charge in [-0.05, 0) is 18.6 Å². The Balaban J connectivity index is 1.44. The zero-order valence-electron chi connectivity index (χ0n) is 14.9. The summed E-state index contributed by atoms with van der Waals surface area (Å²) in [6, 6.07) is 22.2. The molecule has 5 nitrogen and oxygen atoms in total. The smallest absolute Gasteiger partial charge is 0.237 e. The molecule has 0 N–H and O–H groups in total. The van der Waals surface area contributed by atoms with Crippen LogP contribution >= 0.6 is 11.8 Å². The number of aryl methyl sites for hydroxylation is 1. The number of thioether (sulfide) groups is 1. The number of nitrogens with zero attached hydrogens (tertiary/aromatic N) is 4. The summed E-state index contributed by atoms with van der Waals surface area (Å²) in [6.07, 6.45) is 0.661. The van der Waals surface area contributed by atoms with Crippen LogP contribution < -0.4 is 0 Å². The molecular formula is C21H18N4OS. The zero-order valence-corrected chi connectivity index (χ0v) is 15.7. The molecule has 0 radical (unpaired) electrons. The van der Waals surface area contributed by atoms with Crippen molar-refractivity contribution in [2.24, 2.45) is 0 Å². The van der Waals surface area contributed by atoms with Crippen LogP contribution in [0.15, 0.2) is 76.4 Å². The summed E-state index contributed by atoms with van der Waals surface area (Å²) in [4.78, 5) is 13.6. The van der Waals surface area contributed by atoms with Crippen LogP contribution in [0.4, 0.5) is 0 Å². The fraction of sp³-hybridized carbons (Fsp3) is 0.143. The van der Waals surface area contributed by atoms with E-state index in [1.807, 2.05) is 61.5 Å². The minimum absolute atomic E-state index is 0.541. The van der Waals surface area contributed by atoms with Gasteiger partial charge in [0.15, 0.2) is 11.0 Å². The Kier molecular flexibility index (Phi) is 5.25. The molecule has 2 aromatic heterocycles. The molecule has 6 heteroatoms. The molecule has 27 heavy (non-hydrogen) atoms. The molecule has 4 aromatic rings. The van der Waals surface area contributed by atoms with E-state index in [0.29, 0.717) is 29.0 Å². The van der Waals surface area contributed by atoms with E-state index in [0.717, 1.165) is 22.5 Å². The van der Waals surface area contributed by atoms with Crippen molar-refractivity contribution in [1.82, 2.24) is 20.1 Å². The topological polar surface area (TPSA) is 64.7 Å². The Morgan fingerprint density at radius 3 is 2.41 bits per heavy atom. The summed E-state index contributed by atoms with van der Waals surface area (Å²) in [5, 5.41) is 4.77. The summed E-state index contributed by atoms with van der Waals surface area (Å²) < 4.78 is 5.37. The third-order valence-corrected chi connectivity index (χ3v) is 4.78. The van der Waals surface area contributed by atoms with E-state index in [-0.39, 0.29) is 0 Å². The van der Waals surface area contributed by atoms with E-state index in [1.54, 1.807) is 0 Å². The lowest BCUT2D eigenvalue weighted by molar-refractivity contribution is 0.385. The van der Waals surface area contributed by atoms with E-state index < -0.39 is 0 Å². The summed E-state index contributed by atoms with van der Waals surface area (Å²) >= 11 is 1.50. The van der Waals surface area contributed by atoms with Gasteiger partial charge in [0.05, 0.1) is 11.4 Å². The quantitative estimate of drug-likeness (QED) is 0.359. The Bertz CT molecular complexity index is 1020. The predicted octanol–water partition coefficient (Wildman–Crippen LogP) is 4.72. The number of rotatable bonds is 6. The maximum atomic E-state index is 5.37. The minimum atomic E-state index is 0.541. The van der Waals surface area contributed by atoms with Crippen LogP contribution in [0.3, 0.4) is 0 Å². The monoisotopic (exact) mass is 374 g/mol. The van der Waals surface area contributed by atoms with Gasteiger partial charge in [-0.15, -0.1) is 0 Å². The molecular weight excluding hydrogens is 356 g/mol. The maximum Gasteiger partial charge on any atom is 0.237 e. The van der Waals surface area contributed by atoms with Crippen LogP contribution in [0, 0.1) is 6.92 Å². The van der Waals surface area contributed by atoms with Gasteiger partial charge in [0.25, 0.3) is 0 Å². The molecule has 0 saturated heterocycles. The lowest BCUT2D eigenvalue weighted by atomic mass is 10.1. The molecule has 0 aliphatic rings. The highest BCUT2D eigenvalue weighted by Gasteiger charge is 2.10. The normalized spacial score (nSPS) is 10.9. The summed E-state index contributed by atoms with van der Waals surface area (Å²) in [5.41, 5.74) is 4.09. The van der Waals surface area contributed by atoms with Crippen molar-refractivity contribution in [2.45, 2.75) is 24.3 Å². The van der Waals surface area contributed by atoms with Gasteiger partial charge in [-0.25, -0.2) is 9.97 Å². The second-order valence-electron chi connectivity index (χ2n) is 6.10. The van der Waals surface area contributed by atoms with Gasteiger partial charge in [-0.3, -0.25) is 0 Å². The van der Waals surface area contributed by atoms with Crippen molar-refractivity contribution >= 4 is 11.8 Å².